The number of nitrogens with zero attached hydrogens (tertiary/aromatic N) is 1. The monoisotopic (exact) mass is 317 g/mol. The average Bonchev–Trinajstić information content (AvgIpc) is 2.79. The standard InChI is InChI=1S/C21H35NO/c1-3-4-5-6-7-8-9-10-11-14-17-22-20-16-13-12-15-19(20)18-21(22,2)23/h12-13,15-16,23H,3-11,14,17-18H2,1-2H3. The van der Waals surface area contributed by atoms with Crippen molar-refractivity contribution in [1.29, 1.82) is 0 Å². The van der Waals surface area contributed by atoms with Crippen molar-refractivity contribution >= 4 is 5.69 Å². The van der Waals surface area contributed by atoms with Crippen LogP contribution in [-0.2, 0) is 6.42 Å². The van der Waals surface area contributed by atoms with Gasteiger partial charge in [-0.1, -0.05) is 82.9 Å². The van der Waals surface area contributed by atoms with E-state index in [1.54, 1.807) is 0 Å². The van der Waals surface area contributed by atoms with Crippen LogP contribution in [0.15, 0.2) is 24.3 Å². The largest absolute Gasteiger partial charge is 0.371 e. The number of aliphatic hydroxyl groups is 1. The lowest BCUT2D eigenvalue weighted by Crippen LogP contribution is -2.44. The van der Waals surface area contributed by atoms with E-state index in [0.29, 0.717) is 0 Å². The molecule has 1 aliphatic rings. The summed E-state index contributed by atoms with van der Waals surface area (Å²) >= 11 is 0. The molecule has 0 aromatic heterocycles. The van der Waals surface area contributed by atoms with Crippen LogP contribution in [0.5, 0.6) is 0 Å². The molecule has 2 rings (SSSR count). The molecule has 0 saturated heterocycles. The summed E-state index contributed by atoms with van der Waals surface area (Å²) in [5, 5.41) is 10.6. The Morgan fingerprint density at radius 2 is 1.48 bits per heavy atom. The van der Waals surface area contributed by atoms with Crippen molar-refractivity contribution in [3.63, 3.8) is 0 Å². The number of anilines is 1. The molecular formula is C21H35NO. The molecule has 0 spiro atoms. The first-order valence-corrected chi connectivity index (χ1v) is 9.73. The Hall–Kier alpha value is -1.02. The molecule has 2 heteroatoms. The Morgan fingerprint density at radius 1 is 0.913 bits per heavy atom. The minimum atomic E-state index is -0.705. The predicted molar refractivity (Wildman–Crippen MR) is 100.0 cm³/mol. The SMILES string of the molecule is CCCCCCCCCCCCN1c2ccccc2CC1(C)O. The van der Waals surface area contributed by atoms with E-state index in [9.17, 15) is 5.11 Å². The average molecular weight is 318 g/mol. The Kier molecular flexibility index (Phi) is 7.42. The summed E-state index contributed by atoms with van der Waals surface area (Å²) in [6.07, 6.45) is 14.3. The lowest BCUT2D eigenvalue weighted by molar-refractivity contribution is 0.0652. The van der Waals surface area contributed by atoms with Crippen LogP contribution in [0.25, 0.3) is 0 Å². The molecule has 0 radical (unpaired) electrons. The third-order valence-corrected chi connectivity index (χ3v) is 5.12. The Labute approximate surface area is 142 Å². The van der Waals surface area contributed by atoms with Gasteiger partial charge in [-0.15, -0.1) is 0 Å². The molecule has 2 nitrogen and oxygen atoms in total. The third-order valence-electron chi connectivity index (χ3n) is 5.12. The lowest BCUT2D eigenvalue weighted by atomic mass is 10.1. The van der Waals surface area contributed by atoms with Crippen LogP contribution < -0.4 is 4.90 Å². The van der Waals surface area contributed by atoms with E-state index in [0.717, 1.165) is 13.0 Å². The van der Waals surface area contributed by atoms with Crippen LogP contribution >= 0.6 is 0 Å². The maximum absolute atomic E-state index is 10.6. The maximum atomic E-state index is 10.6. The van der Waals surface area contributed by atoms with Crippen LogP contribution in [0.3, 0.4) is 0 Å². The summed E-state index contributed by atoms with van der Waals surface area (Å²) < 4.78 is 0. The van der Waals surface area contributed by atoms with Gasteiger partial charge in [0.25, 0.3) is 0 Å². The van der Waals surface area contributed by atoms with Gasteiger partial charge in [0.05, 0.1) is 0 Å². The zero-order chi connectivity index (χ0) is 16.5. The highest BCUT2D eigenvalue weighted by molar-refractivity contribution is 5.60. The van der Waals surface area contributed by atoms with E-state index in [2.05, 4.69) is 36.1 Å². The van der Waals surface area contributed by atoms with Crippen molar-refractivity contribution in [1.82, 2.24) is 0 Å². The minimum Gasteiger partial charge on any atom is -0.371 e. The summed E-state index contributed by atoms with van der Waals surface area (Å²) in [5.74, 6) is 0. The van der Waals surface area contributed by atoms with Crippen LogP contribution in [0.4, 0.5) is 5.69 Å². The van der Waals surface area contributed by atoms with Crippen molar-refractivity contribution in [3.05, 3.63) is 29.8 Å². The summed E-state index contributed by atoms with van der Waals surface area (Å²) in [4.78, 5) is 2.20. The normalized spacial score (nSPS) is 20.0. The zero-order valence-corrected chi connectivity index (χ0v) is 15.2. The predicted octanol–water partition coefficient (Wildman–Crippen LogP) is 5.68. The number of unbranched alkanes of at least 4 members (excludes halogenated alkanes) is 9. The molecule has 23 heavy (non-hydrogen) atoms. The van der Waals surface area contributed by atoms with E-state index in [1.807, 2.05) is 6.92 Å². The fourth-order valence-corrected chi connectivity index (χ4v) is 3.76. The second kappa shape index (κ2) is 9.32. The first-order chi connectivity index (χ1) is 11.1. The van der Waals surface area contributed by atoms with Crippen molar-refractivity contribution < 1.29 is 5.11 Å². The molecule has 1 unspecified atom stereocenters. The van der Waals surface area contributed by atoms with Gasteiger partial charge in [0.15, 0.2) is 0 Å². The van der Waals surface area contributed by atoms with Crippen LogP contribution in [0.2, 0.25) is 0 Å². The van der Waals surface area contributed by atoms with Gasteiger partial charge in [0.1, 0.15) is 5.72 Å². The van der Waals surface area contributed by atoms with Crippen LogP contribution in [0, 0.1) is 0 Å². The molecule has 1 aromatic rings. The van der Waals surface area contributed by atoms with Crippen molar-refractivity contribution in [2.75, 3.05) is 11.4 Å². The van der Waals surface area contributed by atoms with E-state index in [-0.39, 0.29) is 0 Å². The minimum absolute atomic E-state index is 0.705. The molecule has 1 heterocycles. The van der Waals surface area contributed by atoms with Gasteiger partial charge in [0.2, 0.25) is 0 Å². The van der Waals surface area contributed by atoms with Gasteiger partial charge in [-0.05, 0) is 25.0 Å². The zero-order valence-electron chi connectivity index (χ0n) is 15.2. The van der Waals surface area contributed by atoms with Gasteiger partial charge >= 0.3 is 0 Å². The lowest BCUT2D eigenvalue weighted by Gasteiger charge is -2.32. The molecule has 130 valence electrons. The van der Waals surface area contributed by atoms with E-state index in [1.165, 1.54) is 75.5 Å². The molecule has 0 amide bonds. The fourth-order valence-electron chi connectivity index (χ4n) is 3.76. The van der Waals surface area contributed by atoms with E-state index < -0.39 is 5.72 Å². The van der Waals surface area contributed by atoms with Gasteiger partial charge in [0, 0.05) is 18.7 Å². The molecular weight excluding hydrogens is 282 g/mol. The van der Waals surface area contributed by atoms with Crippen molar-refractivity contribution in [2.24, 2.45) is 0 Å². The van der Waals surface area contributed by atoms with Gasteiger partial charge in [-0.3, -0.25) is 0 Å². The van der Waals surface area contributed by atoms with Gasteiger partial charge < -0.3 is 10.0 Å². The first-order valence-electron chi connectivity index (χ1n) is 9.73. The molecule has 0 saturated carbocycles. The second-order valence-corrected chi connectivity index (χ2v) is 7.36. The Morgan fingerprint density at radius 3 is 2.13 bits per heavy atom. The quantitative estimate of drug-likeness (QED) is 0.531. The number of hydrogen-bond acceptors (Lipinski definition) is 2. The highest BCUT2D eigenvalue weighted by atomic mass is 16.3. The first kappa shape index (κ1) is 18.3. The van der Waals surface area contributed by atoms with Gasteiger partial charge in [-0.25, -0.2) is 0 Å². The number of benzene rings is 1. The third kappa shape index (κ3) is 5.53. The van der Waals surface area contributed by atoms with Crippen molar-refractivity contribution in [2.45, 2.75) is 90.2 Å². The highest BCUT2D eigenvalue weighted by Gasteiger charge is 2.37. The molecule has 1 aliphatic heterocycles. The maximum Gasteiger partial charge on any atom is 0.139 e. The summed E-state index contributed by atoms with van der Waals surface area (Å²) in [7, 11) is 0. The molecule has 0 fully saturated rings. The molecule has 0 bridgehead atoms. The summed E-state index contributed by atoms with van der Waals surface area (Å²) in [5.41, 5.74) is 1.81. The van der Waals surface area contributed by atoms with E-state index in [4.69, 9.17) is 0 Å². The van der Waals surface area contributed by atoms with E-state index >= 15 is 0 Å². The van der Waals surface area contributed by atoms with Crippen LogP contribution in [-0.4, -0.2) is 17.4 Å². The van der Waals surface area contributed by atoms with Crippen molar-refractivity contribution in [3.8, 4) is 0 Å². The Bertz CT molecular complexity index is 455. The summed E-state index contributed by atoms with van der Waals surface area (Å²) in [6, 6.07) is 8.43. The summed E-state index contributed by atoms with van der Waals surface area (Å²) in [6.45, 7) is 5.19. The van der Waals surface area contributed by atoms with Crippen LogP contribution in [0.1, 0.15) is 83.6 Å². The number of rotatable bonds is 11. The molecule has 1 aromatic carbocycles. The molecule has 1 N–H and O–H groups in total. The van der Waals surface area contributed by atoms with Gasteiger partial charge in [-0.2, -0.15) is 0 Å². The highest BCUT2D eigenvalue weighted by Crippen LogP contribution is 2.37. The number of hydrogen-bond donors (Lipinski definition) is 1. The smallest absolute Gasteiger partial charge is 0.139 e. The Balaban J connectivity index is 1.59. The number of para-hydroxylation sites is 1. The molecule has 1 atom stereocenters. The molecule has 0 aliphatic carbocycles. The second-order valence-electron chi connectivity index (χ2n) is 7.36. The number of fused-ring (bicyclic) bond motifs is 1. The topological polar surface area (TPSA) is 23.5 Å². The fraction of sp³-hybridized carbons (Fsp3) is 0.714.